The van der Waals surface area contributed by atoms with E-state index >= 15 is 0 Å². The van der Waals surface area contributed by atoms with Crippen LogP contribution in [0.5, 0.6) is 0 Å². The van der Waals surface area contributed by atoms with E-state index in [9.17, 15) is 0 Å². The van der Waals surface area contributed by atoms with Crippen molar-refractivity contribution in [1.82, 2.24) is 10.6 Å². The van der Waals surface area contributed by atoms with E-state index < -0.39 is 0 Å². The second-order valence-electron chi connectivity index (χ2n) is 7.76. The van der Waals surface area contributed by atoms with Crippen LogP contribution < -0.4 is 10.6 Å². The maximum absolute atomic E-state index is 5.61. The van der Waals surface area contributed by atoms with Gasteiger partial charge in [-0.2, -0.15) is 0 Å². The van der Waals surface area contributed by atoms with Crippen LogP contribution in [-0.4, -0.2) is 52.5 Å². The Balaban J connectivity index is 0.00000529. The molecular formula is C18H38IN3O2. The zero-order valence-corrected chi connectivity index (χ0v) is 18.7. The molecule has 2 N–H and O–H groups in total. The summed E-state index contributed by atoms with van der Waals surface area (Å²) < 4.78 is 10.9. The highest BCUT2D eigenvalue weighted by molar-refractivity contribution is 14.0. The maximum atomic E-state index is 5.61. The maximum Gasteiger partial charge on any atom is 0.191 e. The summed E-state index contributed by atoms with van der Waals surface area (Å²) >= 11 is 0. The van der Waals surface area contributed by atoms with Crippen LogP contribution in [0.1, 0.15) is 53.4 Å². The minimum Gasteiger partial charge on any atom is -0.385 e. The molecule has 0 aromatic heterocycles. The number of hydrogen-bond donors (Lipinski definition) is 2. The van der Waals surface area contributed by atoms with Gasteiger partial charge in [0, 0.05) is 40.5 Å². The molecule has 24 heavy (non-hydrogen) atoms. The number of aliphatic imine (C=N–C) groups is 1. The van der Waals surface area contributed by atoms with Crippen LogP contribution >= 0.6 is 24.0 Å². The minimum absolute atomic E-state index is 0. The molecule has 144 valence electrons. The number of halogens is 1. The quantitative estimate of drug-likeness (QED) is 0.318. The van der Waals surface area contributed by atoms with E-state index in [0.717, 1.165) is 38.6 Å². The van der Waals surface area contributed by atoms with E-state index in [1.54, 1.807) is 14.2 Å². The molecule has 0 bridgehead atoms. The van der Waals surface area contributed by atoms with Crippen molar-refractivity contribution < 1.29 is 9.47 Å². The van der Waals surface area contributed by atoms with E-state index in [1.165, 1.54) is 19.3 Å². The monoisotopic (exact) mass is 455 g/mol. The predicted octanol–water partition coefficient (Wildman–Crippen LogP) is 3.43. The molecule has 0 radical (unpaired) electrons. The van der Waals surface area contributed by atoms with E-state index in [-0.39, 0.29) is 35.5 Å². The number of guanidine groups is 1. The average Bonchev–Trinajstić information content (AvgIpc) is 2.44. The molecular weight excluding hydrogens is 417 g/mol. The number of ether oxygens (including phenoxy) is 2. The molecule has 1 aliphatic carbocycles. The summed E-state index contributed by atoms with van der Waals surface area (Å²) in [6.07, 6.45) is 5.11. The molecule has 0 aliphatic heterocycles. The second kappa shape index (κ2) is 11.5. The second-order valence-corrected chi connectivity index (χ2v) is 7.76. The Morgan fingerprint density at radius 3 is 2.29 bits per heavy atom. The SMILES string of the molecule is CCNC(=NCC1(CCOC)CCC1)NCC(OC)C(C)(C)C.I. The van der Waals surface area contributed by atoms with Crippen molar-refractivity contribution >= 4 is 29.9 Å². The molecule has 6 heteroatoms. The van der Waals surface area contributed by atoms with Crippen LogP contribution in [0.2, 0.25) is 0 Å². The molecule has 1 unspecified atom stereocenters. The first-order valence-electron chi connectivity index (χ1n) is 8.91. The largest absolute Gasteiger partial charge is 0.385 e. The Kier molecular flexibility index (Phi) is 11.5. The summed E-state index contributed by atoms with van der Waals surface area (Å²) in [7, 11) is 3.55. The summed E-state index contributed by atoms with van der Waals surface area (Å²) in [4.78, 5) is 4.83. The molecule has 0 spiro atoms. The Labute approximate surface area is 165 Å². The Morgan fingerprint density at radius 2 is 1.88 bits per heavy atom. The predicted molar refractivity (Wildman–Crippen MR) is 112 cm³/mol. The normalized spacial score (nSPS) is 18.3. The summed E-state index contributed by atoms with van der Waals surface area (Å²) in [5.41, 5.74) is 0.454. The topological polar surface area (TPSA) is 54.9 Å². The van der Waals surface area contributed by atoms with Gasteiger partial charge in [-0.05, 0) is 37.0 Å². The number of rotatable bonds is 9. The van der Waals surface area contributed by atoms with Crippen molar-refractivity contribution in [2.75, 3.05) is 40.5 Å². The van der Waals surface area contributed by atoms with Crippen LogP contribution in [0.3, 0.4) is 0 Å². The van der Waals surface area contributed by atoms with Gasteiger partial charge < -0.3 is 20.1 Å². The first-order chi connectivity index (χ1) is 10.9. The van der Waals surface area contributed by atoms with Gasteiger partial charge in [-0.25, -0.2) is 0 Å². The fourth-order valence-corrected chi connectivity index (χ4v) is 3.00. The lowest BCUT2D eigenvalue weighted by molar-refractivity contribution is 0.0205. The van der Waals surface area contributed by atoms with Gasteiger partial charge in [0.25, 0.3) is 0 Å². The summed E-state index contributed by atoms with van der Waals surface area (Å²) in [5.74, 6) is 0.891. The lowest BCUT2D eigenvalue weighted by Gasteiger charge is -2.41. The van der Waals surface area contributed by atoms with Crippen molar-refractivity contribution in [2.24, 2.45) is 15.8 Å². The fraction of sp³-hybridized carbons (Fsp3) is 0.944. The summed E-state index contributed by atoms with van der Waals surface area (Å²) in [5, 5.41) is 6.78. The van der Waals surface area contributed by atoms with Crippen molar-refractivity contribution in [3.8, 4) is 0 Å². The van der Waals surface area contributed by atoms with Gasteiger partial charge in [0.2, 0.25) is 0 Å². The van der Waals surface area contributed by atoms with Gasteiger partial charge >= 0.3 is 0 Å². The van der Waals surface area contributed by atoms with Crippen LogP contribution in [0.15, 0.2) is 4.99 Å². The highest BCUT2D eigenvalue weighted by Gasteiger charge is 2.36. The standard InChI is InChI=1S/C18H37N3O2.HI/c1-7-19-16(20-13-15(23-6)17(2,3)4)21-14-18(9-8-10-18)11-12-22-5;/h15H,7-14H2,1-6H3,(H2,19,20,21);1H. The van der Waals surface area contributed by atoms with Gasteiger partial charge in [-0.3, -0.25) is 4.99 Å². The lowest BCUT2D eigenvalue weighted by Crippen LogP contribution is -2.46. The molecule has 1 saturated carbocycles. The molecule has 0 aromatic carbocycles. The highest BCUT2D eigenvalue weighted by Crippen LogP contribution is 2.44. The number of methoxy groups -OCH3 is 2. The van der Waals surface area contributed by atoms with Crippen molar-refractivity contribution in [3.63, 3.8) is 0 Å². The molecule has 1 rings (SSSR count). The molecule has 0 amide bonds. The van der Waals surface area contributed by atoms with E-state index in [4.69, 9.17) is 14.5 Å². The first kappa shape index (κ1) is 23.9. The Hall–Kier alpha value is -0.0800. The molecule has 1 aliphatic rings. The van der Waals surface area contributed by atoms with Gasteiger partial charge in [0.05, 0.1) is 6.10 Å². The van der Waals surface area contributed by atoms with Crippen molar-refractivity contribution in [2.45, 2.75) is 59.5 Å². The first-order valence-corrected chi connectivity index (χ1v) is 8.91. The number of nitrogens with zero attached hydrogens (tertiary/aromatic N) is 1. The number of nitrogens with one attached hydrogen (secondary N) is 2. The number of hydrogen-bond acceptors (Lipinski definition) is 3. The third-order valence-corrected chi connectivity index (χ3v) is 4.87. The summed E-state index contributed by atoms with van der Waals surface area (Å²) in [6.45, 7) is 12.0. The summed E-state index contributed by atoms with van der Waals surface area (Å²) in [6, 6.07) is 0. The van der Waals surface area contributed by atoms with Gasteiger partial charge in [0.15, 0.2) is 5.96 Å². The smallest absolute Gasteiger partial charge is 0.191 e. The average molecular weight is 455 g/mol. The van der Waals surface area contributed by atoms with Gasteiger partial charge in [-0.15, -0.1) is 24.0 Å². The van der Waals surface area contributed by atoms with Gasteiger partial charge in [0.1, 0.15) is 0 Å². The zero-order valence-electron chi connectivity index (χ0n) is 16.4. The molecule has 0 aromatic rings. The van der Waals surface area contributed by atoms with Crippen LogP contribution in [0.4, 0.5) is 0 Å². The Bertz CT molecular complexity index is 366. The zero-order chi connectivity index (χ0) is 17.3. The van der Waals surface area contributed by atoms with Crippen LogP contribution in [0, 0.1) is 10.8 Å². The molecule has 1 atom stereocenters. The van der Waals surface area contributed by atoms with E-state index in [2.05, 4.69) is 38.3 Å². The molecule has 0 saturated heterocycles. The Morgan fingerprint density at radius 1 is 1.21 bits per heavy atom. The highest BCUT2D eigenvalue weighted by atomic mass is 127. The molecule has 1 fully saturated rings. The van der Waals surface area contributed by atoms with E-state index in [1.807, 2.05) is 0 Å². The molecule has 5 nitrogen and oxygen atoms in total. The molecule has 0 heterocycles. The van der Waals surface area contributed by atoms with Crippen molar-refractivity contribution in [1.29, 1.82) is 0 Å². The van der Waals surface area contributed by atoms with Crippen LogP contribution in [-0.2, 0) is 9.47 Å². The van der Waals surface area contributed by atoms with Crippen molar-refractivity contribution in [3.05, 3.63) is 0 Å². The third-order valence-electron chi connectivity index (χ3n) is 4.87. The van der Waals surface area contributed by atoms with Crippen LogP contribution in [0.25, 0.3) is 0 Å². The fourth-order valence-electron chi connectivity index (χ4n) is 3.00. The van der Waals surface area contributed by atoms with E-state index in [0.29, 0.717) is 5.41 Å². The third kappa shape index (κ3) is 7.87. The van der Waals surface area contributed by atoms with Gasteiger partial charge in [-0.1, -0.05) is 27.2 Å². The lowest BCUT2D eigenvalue weighted by atomic mass is 9.67. The minimum atomic E-state index is 0.